The van der Waals surface area contributed by atoms with Crippen molar-refractivity contribution in [2.24, 2.45) is 5.41 Å². The molecule has 0 fully saturated rings. The van der Waals surface area contributed by atoms with Crippen LogP contribution in [0.5, 0.6) is 0 Å². The van der Waals surface area contributed by atoms with Gasteiger partial charge >= 0.3 is 5.97 Å². The molecule has 96 valence electrons. The lowest BCUT2D eigenvalue weighted by atomic mass is 9.86. The van der Waals surface area contributed by atoms with Gasteiger partial charge in [0.05, 0.1) is 12.6 Å². The van der Waals surface area contributed by atoms with Gasteiger partial charge in [-0.15, -0.1) is 15.3 Å². The molecule has 2 aromatic rings. The Bertz CT molecular complexity index is 535. The summed E-state index contributed by atoms with van der Waals surface area (Å²) in [6.07, 6.45) is 2.01. The average molecular weight is 268 g/mol. The van der Waals surface area contributed by atoms with E-state index in [0.29, 0.717) is 23.1 Å². The fourth-order valence-electron chi connectivity index (χ4n) is 1.57. The second-order valence-corrected chi connectivity index (χ2v) is 5.48. The van der Waals surface area contributed by atoms with Crippen LogP contribution in [0.3, 0.4) is 0 Å². The Morgan fingerprint density at radius 2 is 2.28 bits per heavy atom. The van der Waals surface area contributed by atoms with Crippen molar-refractivity contribution in [3.05, 3.63) is 12.1 Å². The molecule has 0 radical (unpaired) electrons. The summed E-state index contributed by atoms with van der Waals surface area (Å²) in [4.78, 5) is 11.4. The Hall–Kier alpha value is -1.83. The van der Waals surface area contributed by atoms with E-state index in [4.69, 9.17) is 9.52 Å². The first-order valence-electron chi connectivity index (χ1n) is 5.28. The molecule has 0 aromatic carbocycles. The van der Waals surface area contributed by atoms with E-state index >= 15 is 0 Å². The van der Waals surface area contributed by atoms with E-state index in [0.717, 1.165) is 0 Å². The lowest BCUT2D eigenvalue weighted by Crippen LogP contribution is -2.19. The maximum Gasteiger partial charge on any atom is 0.303 e. The number of rotatable bonds is 5. The molecular weight excluding hydrogens is 256 g/mol. The van der Waals surface area contributed by atoms with Gasteiger partial charge in [-0.2, -0.15) is 0 Å². The summed E-state index contributed by atoms with van der Waals surface area (Å²) in [5.74, 6) is -0.0535. The maximum absolute atomic E-state index is 10.7. The molecule has 0 amide bonds. The minimum atomic E-state index is -0.841. The molecule has 0 spiro atoms. The number of aromatic nitrogens is 4. The smallest absolute Gasteiger partial charge is 0.303 e. The van der Waals surface area contributed by atoms with Gasteiger partial charge in [-0.25, -0.2) is 0 Å². The first kappa shape index (κ1) is 12.6. The quantitative estimate of drug-likeness (QED) is 0.879. The van der Waals surface area contributed by atoms with Crippen LogP contribution in [0.1, 0.15) is 26.2 Å². The fraction of sp³-hybridized carbons (Fsp3) is 0.500. The van der Waals surface area contributed by atoms with E-state index in [9.17, 15) is 4.79 Å². The van der Waals surface area contributed by atoms with E-state index in [2.05, 4.69) is 19.8 Å². The van der Waals surface area contributed by atoms with Crippen molar-refractivity contribution in [2.75, 3.05) is 0 Å². The Balaban J connectivity index is 2.09. The first-order valence-corrected chi connectivity index (χ1v) is 6.05. The SMILES string of the molecule is CC(C)(CC(=O)O)Cc1nnc(-c2cnns2)o1. The number of nitrogens with zero attached hydrogens (tertiary/aromatic N) is 4. The Morgan fingerprint density at radius 1 is 1.50 bits per heavy atom. The molecular formula is C10H12N4O3S. The Kier molecular flexibility index (Phi) is 3.37. The Morgan fingerprint density at radius 3 is 2.89 bits per heavy atom. The van der Waals surface area contributed by atoms with Crippen LogP contribution in [0.15, 0.2) is 10.6 Å². The van der Waals surface area contributed by atoms with Crippen molar-refractivity contribution in [3.8, 4) is 10.8 Å². The fourth-order valence-corrected chi connectivity index (χ4v) is 2.00. The predicted octanol–water partition coefficient (Wildman–Crippen LogP) is 1.63. The van der Waals surface area contributed by atoms with Crippen molar-refractivity contribution < 1.29 is 14.3 Å². The molecule has 0 bridgehead atoms. The highest BCUT2D eigenvalue weighted by atomic mass is 32.1. The van der Waals surface area contributed by atoms with Crippen molar-refractivity contribution in [2.45, 2.75) is 26.7 Å². The van der Waals surface area contributed by atoms with E-state index in [1.54, 1.807) is 6.20 Å². The average Bonchev–Trinajstić information content (AvgIpc) is 2.82. The zero-order chi connectivity index (χ0) is 13.2. The minimum absolute atomic E-state index is 0.0484. The van der Waals surface area contributed by atoms with E-state index in [1.165, 1.54) is 11.5 Å². The molecule has 0 saturated heterocycles. The largest absolute Gasteiger partial charge is 0.481 e. The lowest BCUT2D eigenvalue weighted by Gasteiger charge is -2.19. The van der Waals surface area contributed by atoms with Crippen LogP contribution < -0.4 is 0 Å². The molecule has 2 heterocycles. The summed E-state index contributed by atoms with van der Waals surface area (Å²) < 4.78 is 9.17. The summed E-state index contributed by atoms with van der Waals surface area (Å²) in [6, 6.07) is 0. The Labute approximate surface area is 107 Å². The number of hydrogen-bond acceptors (Lipinski definition) is 7. The van der Waals surface area contributed by atoms with Crippen LogP contribution >= 0.6 is 11.5 Å². The number of aliphatic carboxylic acids is 1. The highest BCUT2D eigenvalue weighted by Gasteiger charge is 2.25. The molecule has 0 unspecified atom stereocenters. The van der Waals surface area contributed by atoms with Crippen LogP contribution in [0.2, 0.25) is 0 Å². The molecule has 7 nitrogen and oxygen atoms in total. The van der Waals surface area contributed by atoms with E-state index in [1.807, 2.05) is 13.8 Å². The van der Waals surface area contributed by atoms with Gasteiger partial charge in [-0.1, -0.05) is 18.3 Å². The van der Waals surface area contributed by atoms with Crippen molar-refractivity contribution in [1.29, 1.82) is 0 Å². The van der Waals surface area contributed by atoms with Crippen LogP contribution in [-0.2, 0) is 11.2 Å². The van der Waals surface area contributed by atoms with Crippen LogP contribution in [0.4, 0.5) is 0 Å². The van der Waals surface area contributed by atoms with Gasteiger partial charge in [0.25, 0.3) is 5.89 Å². The van der Waals surface area contributed by atoms with E-state index in [-0.39, 0.29) is 6.42 Å². The van der Waals surface area contributed by atoms with Crippen molar-refractivity contribution in [1.82, 2.24) is 19.8 Å². The van der Waals surface area contributed by atoms with Gasteiger partial charge in [-0.05, 0) is 16.9 Å². The zero-order valence-corrected chi connectivity index (χ0v) is 10.8. The molecule has 18 heavy (non-hydrogen) atoms. The van der Waals surface area contributed by atoms with Gasteiger partial charge in [0.1, 0.15) is 4.88 Å². The second-order valence-electron chi connectivity index (χ2n) is 4.69. The molecule has 2 rings (SSSR count). The molecule has 0 aliphatic heterocycles. The molecule has 0 saturated carbocycles. The molecule has 0 atom stereocenters. The molecule has 1 N–H and O–H groups in total. The van der Waals surface area contributed by atoms with Gasteiger partial charge in [0.2, 0.25) is 5.89 Å². The number of carboxylic acids is 1. The first-order chi connectivity index (χ1) is 8.46. The summed E-state index contributed by atoms with van der Waals surface area (Å²) in [6.45, 7) is 3.69. The van der Waals surface area contributed by atoms with E-state index < -0.39 is 11.4 Å². The molecule has 0 aliphatic rings. The third kappa shape index (κ3) is 3.10. The highest BCUT2D eigenvalue weighted by Crippen LogP contribution is 2.27. The standard InChI is InChI=1S/C10H12N4O3S/c1-10(2,4-8(15)16)3-7-12-13-9(17-7)6-5-11-14-18-6/h5H,3-4H2,1-2H3,(H,15,16). The summed E-state index contributed by atoms with van der Waals surface area (Å²) in [5.41, 5.74) is -0.429. The third-order valence-corrected chi connectivity index (χ3v) is 2.95. The van der Waals surface area contributed by atoms with Crippen LogP contribution in [-0.4, -0.2) is 30.9 Å². The summed E-state index contributed by atoms with van der Waals surface area (Å²) in [5, 5.41) is 20.3. The lowest BCUT2D eigenvalue weighted by molar-refractivity contribution is -0.139. The maximum atomic E-state index is 10.7. The highest BCUT2D eigenvalue weighted by molar-refractivity contribution is 7.09. The molecule has 0 aliphatic carbocycles. The third-order valence-electron chi connectivity index (χ3n) is 2.30. The number of carboxylic acid groups (broad SMARTS) is 1. The van der Waals surface area contributed by atoms with Gasteiger partial charge in [0, 0.05) is 6.42 Å². The van der Waals surface area contributed by atoms with Crippen molar-refractivity contribution in [3.63, 3.8) is 0 Å². The molecule has 2 aromatic heterocycles. The topological polar surface area (TPSA) is 102 Å². The van der Waals surface area contributed by atoms with Crippen LogP contribution in [0.25, 0.3) is 10.8 Å². The number of carbonyl (C=O) groups is 1. The van der Waals surface area contributed by atoms with Gasteiger partial charge in [0.15, 0.2) is 0 Å². The monoisotopic (exact) mass is 268 g/mol. The summed E-state index contributed by atoms with van der Waals surface area (Å²) in [7, 11) is 0. The predicted molar refractivity (Wildman–Crippen MR) is 62.9 cm³/mol. The normalized spacial score (nSPS) is 11.7. The molecule has 8 heteroatoms. The van der Waals surface area contributed by atoms with Crippen LogP contribution in [0, 0.1) is 5.41 Å². The minimum Gasteiger partial charge on any atom is -0.481 e. The second kappa shape index (κ2) is 4.81. The van der Waals surface area contributed by atoms with Gasteiger partial charge < -0.3 is 9.52 Å². The summed E-state index contributed by atoms with van der Waals surface area (Å²) >= 11 is 1.17. The zero-order valence-electron chi connectivity index (χ0n) is 9.95. The van der Waals surface area contributed by atoms with Gasteiger partial charge in [-0.3, -0.25) is 4.79 Å². The number of hydrogen-bond donors (Lipinski definition) is 1. The van der Waals surface area contributed by atoms with Crippen molar-refractivity contribution >= 4 is 17.5 Å².